The summed E-state index contributed by atoms with van der Waals surface area (Å²) < 4.78 is 0. The van der Waals surface area contributed by atoms with Crippen LogP contribution in [0.4, 0.5) is 4.79 Å². The van der Waals surface area contributed by atoms with Crippen molar-refractivity contribution in [2.45, 2.75) is 25.8 Å². The molecule has 2 aromatic heterocycles. The predicted octanol–water partition coefficient (Wildman–Crippen LogP) is 2.35. The number of rotatable bonds is 5. The van der Waals surface area contributed by atoms with E-state index in [0.29, 0.717) is 49.8 Å². The molecule has 1 unspecified atom stereocenters. The summed E-state index contributed by atoms with van der Waals surface area (Å²) in [5.74, 6) is 1.06. The van der Waals surface area contributed by atoms with Crippen LogP contribution in [0.5, 0.6) is 0 Å². The van der Waals surface area contributed by atoms with Gasteiger partial charge in [-0.25, -0.2) is 9.78 Å². The molecule has 0 bridgehead atoms. The molecule has 1 aromatic carbocycles. The molecule has 3 amide bonds. The minimum Gasteiger partial charge on any atom is -0.338 e. The van der Waals surface area contributed by atoms with Crippen LogP contribution in [0.1, 0.15) is 40.0 Å². The average molecular weight is 434 g/mol. The van der Waals surface area contributed by atoms with Crippen LogP contribution in [0.25, 0.3) is 0 Å². The van der Waals surface area contributed by atoms with E-state index in [0.717, 1.165) is 6.42 Å². The van der Waals surface area contributed by atoms with Crippen molar-refractivity contribution in [1.82, 2.24) is 35.3 Å². The van der Waals surface area contributed by atoms with Crippen LogP contribution in [0.3, 0.4) is 0 Å². The number of aryl methyl sites for hydroxylation is 1. The zero-order chi connectivity index (χ0) is 22.3. The molecule has 1 atom stereocenters. The van der Waals surface area contributed by atoms with Gasteiger partial charge in [0.25, 0.3) is 5.91 Å². The fourth-order valence-electron chi connectivity index (χ4n) is 3.87. The number of pyridine rings is 1. The summed E-state index contributed by atoms with van der Waals surface area (Å²) >= 11 is 0. The van der Waals surface area contributed by atoms with Crippen molar-refractivity contribution >= 4 is 11.9 Å². The molecule has 0 radical (unpaired) electrons. The van der Waals surface area contributed by atoms with Crippen LogP contribution >= 0.6 is 0 Å². The summed E-state index contributed by atoms with van der Waals surface area (Å²) in [6.07, 6.45) is 4.63. The number of carbonyl (C=O) groups is 2. The minimum atomic E-state index is -0.442. The van der Waals surface area contributed by atoms with Crippen molar-refractivity contribution in [3.05, 3.63) is 77.6 Å². The van der Waals surface area contributed by atoms with E-state index in [9.17, 15) is 9.59 Å². The molecule has 2 N–H and O–H groups in total. The van der Waals surface area contributed by atoms with Crippen molar-refractivity contribution in [3.63, 3.8) is 0 Å². The standard InChI is InChI=1S/C23H27N7O2/c1-17-26-21(28-27-17)20-16-29(23(32)25-13-8-18-6-3-2-4-7-18)14-5-15-30(20)22(31)19-9-11-24-12-10-19/h2-4,6-7,9-12,20H,5,8,13-16H2,1H3,(H,25,32)(H,26,27,28). The highest BCUT2D eigenvalue weighted by Crippen LogP contribution is 2.25. The molecule has 0 aliphatic carbocycles. The topological polar surface area (TPSA) is 107 Å². The van der Waals surface area contributed by atoms with Crippen molar-refractivity contribution in [1.29, 1.82) is 0 Å². The molecular formula is C23H27N7O2. The third kappa shape index (κ3) is 5.11. The number of benzene rings is 1. The molecule has 1 fully saturated rings. The van der Waals surface area contributed by atoms with E-state index < -0.39 is 6.04 Å². The Labute approximate surface area is 186 Å². The van der Waals surface area contributed by atoms with Crippen LogP contribution in [0.15, 0.2) is 54.9 Å². The van der Waals surface area contributed by atoms with Gasteiger partial charge in [-0.2, -0.15) is 5.10 Å². The van der Waals surface area contributed by atoms with E-state index in [1.165, 1.54) is 5.56 Å². The van der Waals surface area contributed by atoms with Gasteiger partial charge in [0.1, 0.15) is 11.9 Å². The maximum absolute atomic E-state index is 13.3. The molecule has 9 nitrogen and oxygen atoms in total. The lowest BCUT2D eigenvalue weighted by atomic mass is 10.1. The number of aromatic nitrogens is 4. The normalized spacial score (nSPS) is 16.5. The fraction of sp³-hybridized carbons (Fsp3) is 0.348. The second-order valence-corrected chi connectivity index (χ2v) is 7.80. The van der Waals surface area contributed by atoms with Crippen LogP contribution in [-0.4, -0.2) is 68.1 Å². The molecule has 3 aromatic rings. The Morgan fingerprint density at radius 2 is 1.91 bits per heavy atom. The Morgan fingerprint density at radius 3 is 2.62 bits per heavy atom. The highest BCUT2D eigenvalue weighted by molar-refractivity contribution is 5.94. The Bertz CT molecular complexity index is 1040. The van der Waals surface area contributed by atoms with Crippen LogP contribution in [0.2, 0.25) is 0 Å². The second kappa shape index (κ2) is 10.0. The molecule has 4 rings (SSSR count). The van der Waals surface area contributed by atoms with E-state index in [-0.39, 0.29) is 11.9 Å². The Balaban J connectivity index is 1.48. The molecule has 1 aliphatic rings. The highest BCUT2D eigenvalue weighted by atomic mass is 16.2. The van der Waals surface area contributed by atoms with Crippen LogP contribution < -0.4 is 5.32 Å². The van der Waals surface area contributed by atoms with E-state index in [1.54, 1.807) is 34.3 Å². The van der Waals surface area contributed by atoms with Crippen molar-refractivity contribution in [3.8, 4) is 0 Å². The molecule has 166 valence electrons. The number of urea groups is 1. The van der Waals surface area contributed by atoms with Crippen molar-refractivity contribution in [2.75, 3.05) is 26.2 Å². The van der Waals surface area contributed by atoms with Gasteiger partial charge in [-0.1, -0.05) is 30.3 Å². The minimum absolute atomic E-state index is 0.119. The molecule has 1 saturated heterocycles. The van der Waals surface area contributed by atoms with Gasteiger partial charge in [0.2, 0.25) is 0 Å². The monoisotopic (exact) mass is 433 g/mol. The fourth-order valence-corrected chi connectivity index (χ4v) is 3.87. The molecule has 32 heavy (non-hydrogen) atoms. The highest BCUT2D eigenvalue weighted by Gasteiger charge is 2.34. The number of aromatic amines is 1. The van der Waals surface area contributed by atoms with Gasteiger partial charge < -0.3 is 15.1 Å². The Morgan fingerprint density at radius 1 is 1.12 bits per heavy atom. The van der Waals surface area contributed by atoms with Gasteiger partial charge in [-0.05, 0) is 37.5 Å². The lowest BCUT2D eigenvalue weighted by Gasteiger charge is -2.30. The maximum atomic E-state index is 13.3. The molecule has 0 saturated carbocycles. The number of nitrogens with one attached hydrogen (secondary N) is 2. The van der Waals surface area contributed by atoms with Crippen LogP contribution in [-0.2, 0) is 6.42 Å². The van der Waals surface area contributed by atoms with Gasteiger partial charge in [-0.3, -0.25) is 14.9 Å². The summed E-state index contributed by atoms with van der Waals surface area (Å²) in [5, 5.41) is 10.2. The van der Waals surface area contributed by atoms with Gasteiger partial charge in [0.05, 0.1) is 6.54 Å². The summed E-state index contributed by atoms with van der Waals surface area (Å²) in [4.78, 5) is 38.2. The number of hydrogen-bond acceptors (Lipinski definition) is 5. The van der Waals surface area contributed by atoms with E-state index in [4.69, 9.17) is 0 Å². The molecule has 1 aliphatic heterocycles. The molecule has 3 heterocycles. The maximum Gasteiger partial charge on any atom is 0.317 e. The van der Waals surface area contributed by atoms with Crippen molar-refractivity contribution < 1.29 is 9.59 Å². The first-order chi connectivity index (χ1) is 15.6. The number of hydrogen-bond donors (Lipinski definition) is 2. The Kier molecular flexibility index (Phi) is 6.74. The SMILES string of the molecule is Cc1nc(C2CN(C(=O)NCCc3ccccc3)CCCN2C(=O)c2ccncc2)n[nH]1. The summed E-state index contributed by atoms with van der Waals surface area (Å²) in [5.41, 5.74) is 1.73. The quantitative estimate of drug-likeness (QED) is 0.642. The van der Waals surface area contributed by atoms with Gasteiger partial charge in [0, 0.05) is 37.6 Å². The first-order valence-corrected chi connectivity index (χ1v) is 10.8. The average Bonchev–Trinajstić information content (AvgIpc) is 3.13. The molecule has 9 heteroatoms. The van der Waals surface area contributed by atoms with E-state index >= 15 is 0 Å². The van der Waals surface area contributed by atoms with Gasteiger partial charge >= 0.3 is 6.03 Å². The summed E-state index contributed by atoms with van der Waals surface area (Å²) in [6, 6.07) is 12.9. The van der Waals surface area contributed by atoms with Crippen molar-refractivity contribution in [2.24, 2.45) is 0 Å². The molecule has 0 spiro atoms. The third-order valence-electron chi connectivity index (χ3n) is 5.52. The number of carbonyl (C=O) groups excluding carboxylic acids is 2. The first-order valence-electron chi connectivity index (χ1n) is 10.8. The third-order valence-corrected chi connectivity index (χ3v) is 5.52. The predicted molar refractivity (Wildman–Crippen MR) is 119 cm³/mol. The van der Waals surface area contributed by atoms with Gasteiger partial charge in [0.15, 0.2) is 5.82 Å². The lowest BCUT2D eigenvalue weighted by molar-refractivity contribution is 0.0669. The second-order valence-electron chi connectivity index (χ2n) is 7.80. The van der Waals surface area contributed by atoms with E-state index in [2.05, 4.69) is 25.5 Å². The first kappa shape index (κ1) is 21.5. The summed E-state index contributed by atoms with van der Waals surface area (Å²) in [6.45, 7) is 3.75. The van der Waals surface area contributed by atoms with E-state index in [1.807, 2.05) is 37.3 Å². The zero-order valence-corrected chi connectivity index (χ0v) is 18.1. The summed E-state index contributed by atoms with van der Waals surface area (Å²) in [7, 11) is 0. The van der Waals surface area contributed by atoms with Crippen LogP contribution in [0, 0.1) is 6.92 Å². The lowest BCUT2D eigenvalue weighted by Crippen LogP contribution is -2.44. The largest absolute Gasteiger partial charge is 0.338 e. The zero-order valence-electron chi connectivity index (χ0n) is 18.1. The molecular weight excluding hydrogens is 406 g/mol. The smallest absolute Gasteiger partial charge is 0.317 e. The Hall–Kier alpha value is -3.75. The number of H-pyrrole nitrogens is 1. The number of nitrogens with zero attached hydrogens (tertiary/aromatic N) is 5. The number of amides is 3. The van der Waals surface area contributed by atoms with Gasteiger partial charge in [-0.15, -0.1) is 0 Å².